The first-order chi connectivity index (χ1) is 8.00. The lowest BCUT2D eigenvalue weighted by Gasteiger charge is -2.05. The van der Waals surface area contributed by atoms with Crippen molar-refractivity contribution >= 4 is 40.7 Å². The summed E-state index contributed by atoms with van der Waals surface area (Å²) < 4.78 is 0. The molecular weight excluding hydrogens is 275 g/mol. The first-order valence-electron chi connectivity index (χ1n) is 5.56. The summed E-state index contributed by atoms with van der Waals surface area (Å²) in [4.78, 5) is 11.9. The average molecular weight is 291 g/mol. The van der Waals surface area contributed by atoms with Gasteiger partial charge in [0.15, 0.2) is 5.78 Å². The van der Waals surface area contributed by atoms with Crippen LogP contribution >= 0.6 is 35.0 Å². The number of halogens is 2. The van der Waals surface area contributed by atoms with Gasteiger partial charge >= 0.3 is 0 Å². The van der Waals surface area contributed by atoms with Crippen molar-refractivity contribution in [1.29, 1.82) is 0 Å². The standard InChI is InChI=1S/C13H16Cl2OS/c1-9(2)5-6-17-8-13(16)11-7-10(14)3-4-12(11)15/h3-4,7,9H,5-6,8H2,1-2H3. The van der Waals surface area contributed by atoms with Crippen LogP contribution in [-0.4, -0.2) is 17.3 Å². The molecular formula is C13H16Cl2OS. The summed E-state index contributed by atoms with van der Waals surface area (Å²) in [6.45, 7) is 4.35. The van der Waals surface area contributed by atoms with Crippen LogP contribution in [0.15, 0.2) is 18.2 Å². The Morgan fingerprint density at radius 2 is 2.06 bits per heavy atom. The SMILES string of the molecule is CC(C)CCSCC(=O)c1cc(Cl)ccc1Cl. The van der Waals surface area contributed by atoms with E-state index in [9.17, 15) is 4.79 Å². The van der Waals surface area contributed by atoms with Crippen molar-refractivity contribution in [2.45, 2.75) is 20.3 Å². The maximum Gasteiger partial charge on any atom is 0.174 e. The number of Topliss-reactive ketones (excluding diaryl/α,β-unsaturated/α-hetero) is 1. The van der Waals surface area contributed by atoms with Crippen molar-refractivity contribution in [2.75, 3.05) is 11.5 Å². The van der Waals surface area contributed by atoms with Crippen LogP contribution in [0.5, 0.6) is 0 Å². The zero-order valence-electron chi connectivity index (χ0n) is 10.0. The fourth-order valence-corrected chi connectivity index (χ4v) is 2.79. The largest absolute Gasteiger partial charge is 0.293 e. The fourth-order valence-electron chi connectivity index (χ4n) is 1.27. The minimum Gasteiger partial charge on any atom is -0.293 e. The van der Waals surface area contributed by atoms with Crippen LogP contribution < -0.4 is 0 Å². The van der Waals surface area contributed by atoms with E-state index >= 15 is 0 Å². The zero-order chi connectivity index (χ0) is 12.8. The zero-order valence-corrected chi connectivity index (χ0v) is 12.3. The summed E-state index contributed by atoms with van der Waals surface area (Å²) in [7, 11) is 0. The molecule has 94 valence electrons. The van der Waals surface area contributed by atoms with Crippen LogP contribution in [0.3, 0.4) is 0 Å². The third kappa shape index (κ3) is 5.33. The molecule has 0 saturated carbocycles. The topological polar surface area (TPSA) is 17.1 Å². The highest BCUT2D eigenvalue weighted by molar-refractivity contribution is 7.99. The van der Waals surface area contributed by atoms with Crippen molar-refractivity contribution in [3.8, 4) is 0 Å². The molecule has 0 radical (unpaired) electrons. The lowest BCUT2D eigenvalue weighted by molar-refractivity contribution is 0.102. The van der Waals surface area contributed by atoms with E-state index in [1.165, 1.54) is 0 Å². The lowest BCUT2D eigenvalue weighted by Crippen LogP contribution is -2.04. The molecule has 0 N–H and O–H groups in total. The predicted molar refractivity (Wildman–Crippen MR) is 77.6 cm³/mol. The average Bonchev–Trinajstić information content (AvgIpc) is 2.27. The molecule has 0 atom stereocenters. The summed E-state index contributed by atoms with van der Waals surface area (Å²) in [6.07, 6.45) is 1.13. The van der Waals surface area contributed by atoms with E-state index in [1.54, 1.807) is 30.0 Å². The van der Waals surface area contributed by atoms with Gasteiger partial charge in [0.1, 0.15) is 0 Å². The number of carbonyl (C=O) groups excluding carboxylic acids is 1. The van der Waals surface area contributed by atoms with Crippen molar-refractivity contribution in [3.05, 3.63) is 33.8 Å². The Labute approximate surface area is 117 Å². The van der Waals surface area contributed by atoms with Crippen LogP contribution in [0.1, 0.15) is 30.6 Å². The maximum atomic E-state index is 11.9. The third-order valence-corrected chi connectivity index (χ3v) is 3.86. The number of hydrogen-bond acceptors (Lipinski definition) is 2. The van der Waals surface area contributed by atoms with E-state index in [0.717, 1.165) is 12.2 Å². The molecule has 17 heavy (non-hydrogen) atoms. The first kappa shape index (κ1) is 14.9. The van der Waals surface area contributed by atoms with E-state index in [4.69, 9.17) is 23.2 Å². The van der Waals surface area contributed by atoms with Gasteiger partial charge in [-0.25, -0.2) is 0 Å². The minimum atomic E-state index is 0.0475. The monoisotopic (exact) mass is 290 g/mol. The first-order valence-corrected chi connectivity index (χ1v) is 7.47. The molecule has 1 aromatic carbocycles. The maximum absolute atomic E-state index is 11.9. The molecule has 4 heteroatoms. The number of rotatable bonds is 6. The second-order valence-corrected chi connectivity index (χ2v) is 6.23. The molecule has 0 aliphatic heterocycles. The Bertz CT molecular complexity index is 391. The Balaban J connectivity index is 2.49. The number of ketones is 1. The smallest absolute Gasteiger partial charge is 0.174 e. The molecule has 1 aromatic rings. The van der Waals surface area contributed by atoms with Crippen LogP contribution in [-0.2, 0) is 0 Å². The van der Waals surface area contributed by atoms with Gasteiger partial charge in [0, 0.05) is 10.6 Å². The molecule has 1 rings (SSSR count). The van der Waals surface area contributed by atoms with E-state index < -0.39 is 0 Å². The fraction of sp³-hybridized carbons (Fsp3) is 0.462. The van der Waals surface area contributed by atoms with Crippen molar-refractivity contribution in [2.24, 2.45) is 5.92 Å². The summed E-state index contributed by atoms with van der Waals surface area (Å²) in [5, 5.41) is 1.02. The van der Waals surface area contributed by atoms with Crippen molar-refractivity contribution in [1.82, 2.24) is 0 Å². The van der Waals surface area contributed by atoms with E-state index in [2.05, 4.69) is 13.8 Å². The number of hydrogen-bond donors (Lipinski definition) is 0. The molecule has 1 nitrogen and oxygen atoms in total. The molecule has 0 fully saturated rings. The minimum absolute atomic E-state index is 0.0475. The molecule has 0 bridgehead atoms. The number of thioether (sulfide) groups is 1. The highest BCUT2D eigenvalue weighted by Gasteiger charge is 2.11. The normalized spacial score (nSPS) is 10.9. The van der Waals surface area contributed by atoms with Gasteiger partial charge in [-0.05, 0) is 36.3 Å². The molecule has 0 spiro atoms. The molecule has 0 aliphatic carbocycles. The van der Waals surface area contributed by atoms with Gasteiger partial charge in [0.25, 0.3) is 0 Å². The predicted octanol–water partition coefficient (Wildman–Crippen LogP) is 4.96. The summed E-state index contributed by atoms with van der Waals surface area (Å²) in [5.41, 5.74) is 0.524. The lowest BCUT2D eigenvalue weighted by atomic mass is 10.1. The second kappa shape index (κ2) is 7.30. The summed E-state index contributed by atoms with van der Waals surface area (Å²) >= 11 is 13.5. The van der Waals surface area contributed by atoms with Gasteiger partial charge < -0.3 is 0 Å². The Morgan fingerprint density at radius 3 is 2.71 bits per heavy atom. The van der Waals surface area contributed by atoms with Crippen LogP contribution in [0.4, 0.5) is 0 Å². The van der Waals surface area contributed by atoms with Crippen LogP contribution in [0, 0.1) is 5.92 Å². The molecule has 0 unspecified atom stereocenters. The highest BCUT2D eigenvalue weighted by atomic mass is 35.5. The Morgan fingerprint density at radius 1 is 1.35 bits per heavy atom. The molecule has 0 saturated heterocycles. The number of benzene rings is 1. The molecule has 0 heterocycles. The molecule has 0 aliphatic rings. The number of carbonyl (C=O) groups is 1. The van der Waals surface area contributed by atoms with Gasteiger partial charge in [-0.3, -0.25) is 4.79 Å². The van der Waals surface area contributed by atoms with Gasteiger partial charge in [-0.15, -0.1) is 0 Å². The third-order valence-electron chi connectivity index (χ3n) is 2.30. The second-order valence-electron chi connectivity index (χ2n) is 4.28. The van der Waals surface area contributed by atoms with Crippen molar-refractivity contribution < 1.29 is 4.79 Å². The summed E-state index contributed by atoms with van der Waals surface area (Å²) in [6, 6.07) is 4.98. The van der Waals surface area contributed by atoms with Crippen molar-refractivity contribution in [3.63, 3.8) is 0 Å². The molecule has 0 aromatic heterocycles. The van der Waals surface area contributed by atoms with Gasteiger partial charge in [-0.1, -0.05) is 37.0 Å². The Hall–Kier alpha value is -0.180. The van der Waals surface area contributed by atoms with Crippen LogP contribution in [0.2, 0.25) is 10.0 Å². The highest BCUT2D eigenvalue weighted by Crippen LogP contribution is 2.22. The van der Waals surface area contributed by atoms with E-state index in [-0.39, 0.29) is 5.78 Å². The van der Waals surface area contributed by atoms with Crippen LogP contribution in [0.25, 0.3) is 0 Å². The Kier molecular flexibility index (Phi) is 6.39. The van der Waals surface area contributed by atoms with Gasteiger partial charge in [-0.2, -0.15) is 11.8 Å². The summed E-state index contributed by atoms with van der Waals surface area (Å²) in [5.74, 6) is 2.19. The van der Waals surface area contributed by atoms with Gasteiger partial charge in [0.05, 0.1) is 10.8 Å². The quantitative estimate of drug-likeness (QED) is 0.544. The van der Waals surface area contributed by atoms with E-state index in [1.807, 2.05) is 0 Å². The van der Waals surface area contributed by atoms with Gasteiger partial charge in [0.2, 0.25) is 0 Å². The molecule has 0 amide bonds. The van der Waals surface area contributed by atoms with E-state index in [0.29, 0.717) is 27.3 Å².